The summed E-state index contributed by atoms with van der Waals surface area (Å²) < 4.78 is 86.8. The molecule has 0 aliphatic heterocycles. The molecular weight excluding hydrogens is 765 g/mol. The van der Waals surface area contributed by atoms with E-state index in [-0.39, 0.29) is 30.8 Å². The number of ether oxygens (including phenoxy) is 6. The summed E-state index contributed by atoms with van der Waals surface area (Å²) in [4.78, 5) is -0.0407. The zero-order chi connectivity index (χ0) is 38.3. The van der Waals surface area contributed by atoms with Gasteiger partial charge in [0.25, 0.3) is 17.4 Å². The standard InChI is InChI=1S/C35H55BrO11SSi2/c1-22-18-20-23(21-19-22)48(37,38)45-29-27-25(32(39-8,40-9)35(27,44-13)47-50(16,17)31(5,6)7)24-26(28(29)36)33(41-10,42-11)34(24,43-12)46-49(14,15)30(2,3)4/h18-21H,1-17H3/t34-,35+/m0/s1. The highest BCUT2D eigenvalue weighted by atomic mass is 79.9. The molecule has 0 bridgehead atoms. The van der Waals surface area contributed by atoms with Crippen molar-refractivity contribution < 1.29 is 49.9 Å². The molecule has 0 fully saturated rings. The van der Waals surface area contributed by atoms with Gasteiger partial charge in [0, 0.05) is 59.3 Å². The Bertz CT molecular complexity index is 1720. The summed E-state index contributed by atoms with van der Waals surface area (Å²) in [5.74, 6) is -7.07. The maximum Gasteiger partial charge on any atom is 0.339 e. The molecule has 0 radical (unpaired) electrons. The van der Waals surface area contributed by atoms with Crippen LogP contribution in [0, 0.1) is 6.92 Å². The first-order valence-electron chi connectivity index (χ1n) is 16.4. The summed E-state index contributed by atoms with van der Waals surface area (Å²) in [7, 11) is -0.977. The number of hydrogen-bond donors (Lipinski definition) is 0. The van der Waals surface area contributed by atoms with Crippen molar-refractivity contribution in [3.63, 3.8) is 0 Å². The van der Waals surface area contributed by atoms with Gasteiger partial charge in [-0.2, -0.15) is 8.42 Å². The van der Waals surface area contributed by atoms with Gasteiger partial charge in [-0.05, 0) is 71.3 Å². The maximum atomic E-state index is 14.1. The summed E-state index contributed by atoms with van der Waals surface area (Å²) in [5.41, 5.74) is 2.35. The van der Waals surface area contributed by atoms with E-state index in [4.69, 9.17) is 41.5 Å². The Morgan fingerprint density at radius 2 is 0.920 bits per heavy atom. The Morgan fingerprint density at radius 1 is 0.580 bits per heavy atom. The van der Waals surface area contributed by atoms with Crippen molar-refractivity contribution in [2.24, 2.45) is 0 Å². The first-order chi connectivity index (χ1) is 22.8. The third-order valence-electron chi connectivity index (χ3n) is 11.2. The van der Waals surface area contributed by atoms with Crippen LogP contribution in [-0.4, -0.2) is 67.7 Å². The van der Waals surface area contributed by atoms with Crippen LogP contribution in [0.2, 0.25) is 36.3 Å². The van der Waals surface area contributed by atoms with Crippen LogP contribution < -0.4 is 4.18 Å². The smallest absolute Gasteiger partial charge is 0.339 e. The highest BCUT2D eigenvalue weighted by molar-refractivity contribution is 9.10. The molecule has 2 aromatic carbocycles. The molecule has 0 saturated heterocycles. The van der Waals surface area contributed by atoms with Gasteiger partial charge in [-0.3, -0.25) is 0 Å². The Balaban J connectivity index is 2.25. The van der Waals surface area contributed by atoms with Gasteiger partial charge in [0.1, 0.15) is 4.90 Å². The number of hydrogen-bond acceptors (Lipinski definition) is 11. The van der Waals surface area contributed by atoms with Crippen LogP contribution in [-0.2, 0) is 70.5 Å². The molecule has 2 atom stereocenters. The predicted molar refractivity (Wildman–Crippen MR) is 198 cm³/mol. The Kier molecular flexibility index (Phi) is 10.8. The lowest BCUT2D eigenvalue weighted by molar-refractivity contribution is -0.433. The largest absolute Gasteiger partial charge is 0.382 e. The molecule has 4 rings (SSSR count). The van der Waals surface area contributed by atoms with E-state index in [0.717, 1.165) is 5.56 Å². The van der Waals surface area contributed by atoms with E-state index >= 15 is 0 Å². The Labute approximate surface area is 309 Å². The predicted octanol–water partition coefficient (Wildman–Crippen LogP) is 8.09. The lowest BCUT2D eigenvalue weighted by Gasteiger charge is -2.65. The van der Waals surface area contributed by atoms with Crippen LogP contribution in [0.3, 0.4) is 0 Å². The second-order valence-corrected chi connectivity index (χ2v) is 27.7. The van der Waals surface area contributed by atoms with Gasteiger partial charge in [0.15, 0.2) is 22.4 Å². The lowest BCUT2D eigenvalue weighted by atomic mass is 9.61. The molecule has 282 valence electrons. The van der Waals surface area contributed by atoms with Crippen LogP contribution in [0.5, 0.6) is 5.75 Å². The monoisotopic (exact) mass is 818 g/mol. The number of aryl methyl sites for hydroxylation is 1. The molecule has 15 heteroatoms. The van der Waals surface area contributed by atoms with Crippen molar-refractivity contribution in [3.8, 4) is 5.75 Å². The van der Waals surface area contributed by atoms with Crippen LogP contribution in [0.25, 0.3) is 0 Å². The fraction of sp³-hybridized carbons (Fsp3) is 0.657. The fourth-order valence-electron chi connectivity index (χ4n) is 6.38. The van der Waals surface area contributed by atoms with Gasteiger partial charge >= 0.3 is 10.1 Å². The van der Waals surface area contributed by atoms with Gasteiger partial charge in [-0.15, -0.1) is 0 Å². The number of methoxy groups -OCH3 is 6. The van der Waals surface area contributed by atoms with Crippen molar-refractivity contribution in [2.75, 3.05) is 42.7 Å². The third-order valence-corrected chi connectivity index (χ3v) is 22.0. The molecule has 0 saturated carbocycles. The minimum Gasteiger partial charge on any atom is -0.382 e. The van der Waals surface area contributed by atoms with Crippen molar-refractivity contribution in [1.29, 1.82) is 0 Å². The van der Waals surface area contributed by atoms with Crippen molar-refractivity contribution in [1.82, 2.24) is 0 Å². The number of benzene rings is 2. The van der Waals surface area contributed by atoms with Crippen LogP contribution in [0.4, 0.5) is 0 Å². The van der Waals surface area contributed by atoms with Crippen LogP contribution >= 0.6 is 15.9 Å². The van der Waals surface area contributed by atoms with Gasteiger partial charge in [-0.25, -0.2) is 0 Å². The number of rotatable bonds is 13. The Hall–Kier alpha value is -1.22. The van der Waals surface area contributed by atoms with Crippen LogP contribution in [0.1, 0.15) is 69.4 Å². The van der Waals surface area contributed by atoms with E-state index in [0.29, 0.717) is 16.7 Å². The van der Waals surface area contributed by atoms with Crippen molar-refractivity contribution >= 4 is 42.7 Å². The van der Waals surface area contributed by atoms with E-state index in [1.54, 1.807) is 12.1 Å². The molecular formula is C35H55BrO11SSi2. The summed E-state index contributed by atoms with van der Waals surface area (Å²) in [6.07, 6.45) is 0. The summed E-state index contributed by atoms with van der Waals surface area (Å²) in [6.45, 7) is 22.8. The zero-order valence-electron chi connectivity index (χ0n) is 32.6. The molecule has 50 heavy (non-hydrogen) atoms. The van der Waals surface area contributed by atoms with E-state index < -0.39 is 49.9 Å². The zero-order valence-corrected chi connectivity index (χ0v) is 37.0. The quantitative estimate of drug-likeness (QED) is 0.111. The van der Waals surface area contributed by atoms with Crippen molar-refractivity contribution in [3.05, 3.63) is 56.6 Å². The fourth-order valence-corrected chi connectivity index (χ4v) is 10.9. The second-order valence-electron chi connectivity index (χ2n) is 15.9. The van der Waals surface area contributed by atoms with Gasteiger partial charge in [0.05, 0.1) is 10.0 Å². The maximum absolute atomic E-state index is 14.1. The lowest BCUT2D eigenvalue weighted by Crippen LogP contribution is -2.73. The normalized spacial score (nSPS) is 23.1. The number of fused-ring (bicyclic) bond motifs is 3. The summed E-state index contributed by atoms with van der Waals surface area (Å²) >= 11 is 3.75. The first kappa shape index (κ1) is 41.5. The highest BCUT2D eigenvalue weighted by Gasteiger charge is 2.81. The second kappa shape index (κ2) is 13.0. The van der Waals surface area contributed by atoms with Gasteiger partial charge in [0.2, 0.25) is 5.79 Å². The molecule has 0 aromatic heterocycles. The average molecular weight is 820 g/mol. The summed E-state index contributed by atoms with van der Waals surface area (Å²) in [6, 6.07) is 6.39. The average Bonchev–Trinajstić information content (AvgIpc) is 3.00. The molecule has 2 aliphatic rings. The van der Waals surface area contributed by atoms with Gasteiger partial charge < -0.3 is 41.5 Å². The van der Waals surface area contributed by atoms with E-state index in [1.165, 1.54) is 54.8 Å². The highest BCUT2D eigenvalue weighted by Crippen LogP contribution is 2.74. The minimum absolute atomic E-state index is 0.0407. The molecule has 2 aromatic rings. The molecule has 2 aliphatic carbocycles. The Morgan fingerprint density at radius 3 is 1.28 bits per heavy atom. The number of halogens is 1. The van der Waals surface area contributed by atoms with Crippen LogP contribution in [0.15, 0.2) is 33.6 Å². The molecule has 0 N–H and O–H groups in total. The molecule has 0 amide bonds. The van der Waals surface area contributed by atoms with Crippen molar-refractivity contribution in [2.45, 2.75) is 113 Å². The molecule has 0 spiro atoms. The molecule has 0 unspecified atom stereocenters. The molecule has 11 nitrogen and oxygen atoms in total. The van der Waals surface area contributed by atoms with E-state index in [2.05, 4.69) is 83.7 Å². The van der Waals surface area contributed by atoms with Gasteiger partial charge in [-0.1, -0.05) is 59.2 Å². The first-order valence-corrected chi connectivity index (χ1v) is 24.4. The minimum atomic E-state index is -4.43. The van der Waals surface area contributed by atoms with E-state index in [1.807, 2.05) is 6.92 Å². The third kappa shape index (κ3) is 5.48. The topological polar surface area (TPSA) is 117 Å². The molecule has 0 heterocycles. The van der Waals surface area contributed by atoms with E-state index in [9.17, 15) is 8.42 Å². The summed E-state index contributed by atoms with van der Waals surface area (Å²) in [5, 5.41) is -0.574. The SMILES string of the molecule is COC1(OC)c2c(c(OS(=O)(=O)c3ccc(C)cc3)c(Br)c3c2[C@](OC)(O[Si](C)(C)C(C)(C)C)C3(OC)OC)[C@@]1(OC)O[Si](C)(C)C(C)(C)C.